The lowest BCUT2D eigenvalue weighted by Gasteiger charge is -2.09. The molecule has 0 radical (unpaired) electrons. The van der Waals surface area contributed by atoms with Gasteiger partial charge < -0.3 is 4.57 Å². The van der Waals surface area contributed by atoms with Gasteiger partial charge in [-0.05, 0) is 25.5 Å². The van der Waals surface area contributed by atoms with Gasteiger partial charge in [-0.1, -0.05) is 17.7 Å². The molecule has 4 heteroatoms. The lowest BCUT2D eigenvalue weighted by atomic mass is 10.4. The highest BCUT2D eigenvalue weighted by atomic mass is 35.5. The molecule has 1 aromatic rings. The van der Waals surface area contributed by atoms with Crippen LogP contribution in [-0.4, -0.2) is 13.3 Å². The summed E-state index contributed by atoms with van der Waals surface area (Å²) in [6, 6.07) is 5.37. The minimum Gasteiger partial charge on any atom is -0.319 e. The summed E-state index contributed by atoms with van der Waals surface area (Å²) < 4.78 is 11.7. The molecule has 0 bridgehead atoms. The van der Waals surface area contributed by atoms with Crippen LogP contribution in [0.15, 0.2) is 23.1 Å². The smallest absolute Gasteiger partial charge is 0.111 e. The second-order valence-electron chi connectivity index (χ2n) is 2.96. The Morgan fingerprint density at radius 1 is 1.42 bits per heavy atom. The quantitative estimate of drug-likeness (QED) is 0.569. The van der Waals surface area contributed by atoms with Crippen LogP contribution in [0.25, 0.3) is 0 Å². The molecule has 0 unspecified atom stereocenters. The second kappa shape index (κ2) is 3.45. The Morgan fingerprint density at radius 2 is 2.00 bits per heavy atom. The second-order valence-corrected chi connectivity index (χ2v) is 7.00. The molecule has 0 atom stereocenters. The van der Waals surface area contributed by atoms with E-state index >= 15 is 0 Å². The molecule has 0 fully saturated rings. The molecule has 0 heterocycles. The summed E-state index contributed by atoms with van der Waals surface area (Å²) in [6.07, 6.45) is 0. The molecule has 0 aliphatic heterocycles. The van der Waals surface area contributed by atoms with Crippen molar-refractivity contribution >= 4 is 36.7 Å². The number of rotatable bonds is 1. The van der Waals surface area contributed by atoms with Crippen LogP contribution in [0.5, 0.6) is 0 Å². The van der Waals surface area contributed by atoms with E-state index in [1.54, 1.807) is 25.5 Å². The lowest BCUT2D eigenvalue weighted by Crippen LogP contribution is -2.04. The van der Waals surface area contributed by atoms with Crippen LogP contribution in [0.3, 0.4) is 0 Å². The zero-order valence-electron chi connectivity index (χ0n) is 6.91. The monoisotopic (exact) mass is 220 g/mol. The Kier molecular flexibility index (Phi) is 2.92. The highest BCUT2D eigenvalue weighted by Crippen LogP contribution is 2.38. The van der Waals surface area contributed by atoms with Crippen molar-refractivity contribution in [3.63, 3.8) is 0 Å². The third kappa shape index (κ3) is 2.07. The minimum atomic E-state index is -2.26. The third-order valence-electron chi connectivity index (χ3n) is 1.54. The molecule has 12 heavy (non-hydrogen) atoms. The molecule has 1 aromatic carbocycles. The Hall–Kier alpha value is 0.0900. The van der Waals surface area contributed by atoms with Crippen LogP contribution in [0.2, 0.25) is 5.02 Å². The summed E-state index contributed by atoms with van der Waals surface area (Å²) >= 11 is 10.1. The number of halogens is 1. The SMILES string of the molecule is CP(C)(=O)c1cccc(S)c1Cl. The molecule has 66 valence electrons. The van der Waals surface area contributed by atoms with Crippen molar-refractivity contribution in [2.24, 2.45) is 0 Å². The van der Waals surface area contributed by atoms with Crippen LogP contribution < -0.4 is 5.30 Å². The van der Waals surface area contributed by atoms with Gasteiger partial charge in [0.25, 0.3) is 0 Å². The van der Waals surface area contributed by atoms with Gasteiger partial charge in [-0.15, -0.1) is 12.6 Å². The van der Waals surface area contributed by atoms with Gasteiger partial charge in [0.05, 0.1) is 5.02 Å². The molecule has 0 aliphatic carbocycles. The Bertz CT molecular complexity index is 345. The molecule has 0 N–H and O–H groups in total. The molecule has 1 nitrogen and oxygen atoms in total. The fourth-order valence-electron chi connectivity index (χ4n) is 0.924. The highest BCUT2D eigenvalue weighted by molar-refractivity contribution is 7.80. The number of hydrogen-bond donors (Lipinski definition) is 1. The van der Waals surface area contributed by atoms with Crippen LogP contribution in [0.4, 0.5) is 0 Å². The molecule has 0 aromatic heterocycles. The van der Waals surface area contributed by atoms with E-state index in [1.165, 1.54) is 0 Å². The van der Waals surface area contributed by atoms with E-state index in [0.29, 0.717) is 15.2 Å². The van der Waals surface area contributed by atoms with Gasteiger partial charge in [0.2, 0.25) is 0 Å². The van der Waals surface area contributed by atoms with Gasteiger partial charge in [0, 0.05) is 10.2 Å². The van der Waals surface area contributed by atoms with E-state index < -0.39 is 7.14 Å². The maximum atomic E-state index is 11.7. The summed E-state index contributed by atoms with van der Waals surface area (Å²) in [6.45, 7) is 3.39. The molecular weight excluding hydrogens is 211 g/mol. The van der Waals surface area contributed by atoms with Gasteiger partial charge in [-0.2, -0.15) is 0 Å². The summed E-state index contributed by atoms with van der Waals surface area (Å²) in [4.78, 5) is 0.679. The molecule has 1 rings (SSSR count). The molecular formula is C8H10ClOPS. The first-order chi connectivity index (χ1) is 5.43. The number of thiol groups is 1. The maximum Gasteiger partial charge on any atom is 0.111 e. The van der Waals surface area contributed by atoms with Gasteiger partial charge in [-0.3, -0.25) is 0 Å². The van der Waals surface area contributed by atoms with Crippen molar-refractivity contribution in [2.45, 2.75) is 4.90 Å². The van der Waals surface area contributed by atoms with E-state index in [2.05, 4.69) is 12.6 Å². The van der Waals surface area contributed by atoms with E-state index in [1.807, 2.05) is 6.07 Å². The average molecular weight is 221 g/mol. The fraction of sp³-hybridized carbons (Fsp3) is 0.250. The molecule has 0 saturated carbocycles. The zero-order chi connectivity index (χ0) is 9.35. The van der Waals surface area contributed by atoms with E-state index in [9.17, 15) is 4.57 Å². The first-order valence-corrected chi connectivity index (χ1v) is 6.88. The molecule has 0 aliphatic rings. The zero-order valence-corrected chi connectivity index (χ0v) is 9.46. The molecule has 0 spiro atoms. The first kappa shape index (κ1) is 10.2. The third-order valence-corrected chi connectivity index (χ3v) is 4.11. The predicted molar refractivity (Wildman–Crippen MR) is 57.8 cm³/mol. The van der Waals surface area contributed by atoms with Gasteiger partial charge in [-0.25, -0.2) is 0 Å². The fourth-order valence-corrected chi connectivity index (χ4v) is 2.99. The van der Waals surface area contributed by atoms with Crippen molar-refractivity contribution in [1.82, 2.24) is 0 Å². The van der Waals surface area contributed by atoms with Crippen LogP contribution in [-0.2, 0) is 4.57 Å². The van der Waals surface area contributed by atoms with E-state index in [4.69, 9.17) is 11.6 Å². The lowest BCUT2D eigenvalue weighted by molar-refractivity contribution is 0.588. The highest BCUT2D eigenvalue weighted by Gasteiger charge is 2.15. The number of hydrogen-bond acceptors (Lipinski definition) is 2. The topological polar surface area (TPSA) is 17.1 Å². The first-order valence-electron chi connectivity index (χ1n) is 3.46. The van der Waals surface area contributed by atoms with Crippen molar-refractivity contribution in [2.75, 3.05) is 13.3 Å². The standard InChI is InChI=1S/C8H10ClOPS/c1-11(2,10)6-4-3-5-7(12)8(6)9/h3-5,12H,1-2H3. The summed E-state index contributed by atoms with van der Waals surface area (Å²) in [5, 5.41) is 1.21. The summed E-state index contributed by atoms with van der Waals surface area (Å²) in [5.41, 5.74) is 0. The van der Waals surface area contributed by atoms with Gasteiger partial charge in [0.1, 0.15) is 7.14 Å². The van der Waals surface area contributed by atoms with E-state index in [0.717, 1.165) is 0 Å². The van der Waals surface area contributed by atoms with Crippen molar-refractivity contribution in [3.8, 4) is 0 Å². The number of benzene rings is 1. The largest absolute Gasteiger partial charge is 0.319 e. The Balaban J connectivity index is 3.36. The molecule has 0 saturated heterocycles. The summed E-state index contributed by atoms with van der Waals surface area (Å²) in [5.74, 6) is 0. The van der Waals surface area contributed by atoms with Crippen molar-refractivity contribution in [1.29, 1.82) is 0 Å². The van der Waals surface area contributed by atoms with Crippen molar-refractivity contribution in [3.05, 3.63) is 23.2 Å². The Morgan fingerprint density at radius 3 is 2.42 bits per heavy atom. The minimum absolute atomic E-state index is 0.508. The van der Waals surface area contributed by atoms with Gasteiger partial charge >= 0.3 is 0 Å². The van der Waals surface area contributed by atoms with Crippen LogP contribution in [0, 0.1) is 0 Å². The summed E-state index contributed by atoms with van der Waals surface area (Å²) in [7, 11) is -2.26. The predicted octanol–water partition coefficient (Wildman–Crippen LogP) is 2.88. The van der Waals surface area contributed by atoms with Crippen molar-refractivity contribution < 1.29 is 4.57 Å². The molecule has 0 amide bonds. The van der Waals surface area contributed by atoms with E-state index in [-0.39, 0.29) is 0 Å². The maximum absolute atomic E-state index is 11.7. The van der Waals surface area contributed by atoms with Crippen LogP contribution >= 0.6 is 31.4 Å². The Labute approximate surface area is 82.9 Å². The average Bonchev–Trinajstić information content (AvgIpc) is 1.92. The van der Waals surface area contributed by atoms with Gasteiger partial charge in [0.15, 0.2) is 0 Å². The normalized spacial score (nSPS) is 11.7. The van der Waals surface area contributed by atoms with Crippen LogP contribution in [0.1, 0.15) is 0 Å².